The van der Waals surface area contributed by atoms with Gasteiger partial charge in [-0.05, 0) is 26.3 Å². The van der Waals surface area contributed by atoms with E-state index in [1.54, 1.807) is 0 Å². The van der Waals surface area contributed by atoms with Gasteiger partial charge in [-0.3, -0.25) is 9.80 Å². The molecule has 2 unspecified atom stereocenters. The zero-order chi connectivity index (χ0) is 9.26. The Morgan fingerprint density at radius 1 is 1.46 bits per heavy atom. The zero-order valence-electron chi connectivity index (χ0n) is 8.24. The second-order valence-electron chi connectivity index (χ2n) is 4.23. The summed E-state index contributed by atoms with van der Waals surface area (Å²) < 4.78 is 0. The van der Waals surface area contributed by atoms with Crippen LogP contribution in [0.2, 0.25) is 0 Å². The number of piperazine rings is 1. The Hall–Kier alpha value is -0.590. The van der Waals surface area contributed by atoms with Crippen LogP contribution in [-0.4, -0.2) is 48.1 Å². The van der Waals surface area contributed by atoms with Crippen molar-refractivity contribution in [1.29, 1.82) is 5.26 Å². The third-order valence-electron chi connectivity index (χ3n) is 3.34. The van der Waals surface area contributed by atoms with Crippen molar-refractivity contribution in [3.05, 3.63) is 0 Å². The quantitative estimate of drug-likeness (QED) is 0.554. The highest BCUT2D eigenvalue weighted by Gasteiger charge is 2.33. The van der Waals surface area contributed by atoms with Gasteiger partial charge in [-0.2, -0.15) is 5.26 Å². The lowest BCUT2D eigenvalue weighted by atomic mass is 10.1. The lowest BCUT2D eigenvalue weighted by molar-refractivity contribution is 0.0696. The highest BCUT2D eigenvalue weighted by Crippen LogP contribution is 2.23. The number of rotatable bonds is 1. The molecule has 72 valence electrons. The maximum Gasteiger partial charge on any atom is 0.0869 e. The molecule has 2 fully saturated rings. The van der Waals surface area contributed by atoms with Gasteiger partial charge < -0.3 is 0 Å². The van der Waals surface area contributed by atoms with E-state index in [2.05, 4.69) is 22.8 Å². The molecule has 0 aromatic heterocycles. The van der Waals surface area contributed by atoms with Crippen LogP contribution < -0.4 is 0 Å². The molecule has 13 heavy (non-hydrogen) atoms. The van der Waals surface area contributed by atoms with Gasteiger partial charge in [0.05, 0.1) is 12.6 Å². The van der Waals surface area contributed by atoms with Gasteiger partial charge in [0.2, 0.25) is 0 Å². The van der Waals surface area contributed by atoms with Crippen LogP contribution in [0.1, 0.15) is 19.8 Å². The number of fused-ring (bicyclic) bond motifs is 1. The monoisotopic (exact) mass is 179 g/mol. The van der Waals surface area contributed by atoms with Crippen molar-refractivity contribution in [3.8, 4) is 6.07 Å². The molecule has 2 rings (SSSR count). The van der Waals surface area contributed by atoms with Crippen LogP contribution in [0, 0.1) is 11.3 Å². The van der Waals surface area contributed by atoms with Crippen molar-refractivity contribution in [1.82, 2.24) is 9.80 Å². The van der Waals surface area contributed by atoms with Crippen LogP contribution in [0.4, 0.5) is 0 Å². The number of nitriles is 1. The van der Waals surface area contributed by atoms with E-state index in [1.165, 1.54) is 19.4 Å². The normalized spacial score (nSPS) is 35.7. The average Bonchev–Trinajstić information content (AvgIpc) is 2.52. The topological polar surface area (TPSA) is 30.3 Å². The smallest absolute Gasteiger partial charge is 0.0869 e. The van der Waals surface area contributed by atoms with E-state index in [4.69, 9.17) is 5.26 Å². The molecule has 2 aliphatic rings. The van der Waals surface area contributed by atoms with Crippen molar-refractivity contribution in [2.75, 3.05) is 26.2 Å². The summed E-state index contributed by atoms with van der Waals surface area (Å²) in [5, 5.41) is 8.67. The molecule has 0 spiro atoms. The van der Waals surface area contributed by atoms with Crippen molar-refractivity contribution >= 4 is 0 Å². The number of nitrogens with zero attached hydrogens (tertiary/aromatic N) is 3. The Kier molecular flexibility index (Phi) is 2.52. The molecular weight excluding hydrogens is 162 g/mol. The predicted molar refractivity (Wildman–Crippen MR) is 51.2 cm³/mol. The maximum atomic E-state index is 8.67. The van der Waals surface area contributed by atoms with Gasteiger partial charge in [-0.1, -0.05) is 0 Å². The van der Waals surface area contributed by atoms with Gasteiger partial charge in [0.1, 0.15) is 0 Å². The van der Waals surface area contributed by atoms with Gasteiger partial charge in [0.15, 0.2) is 0 Å². The molecule has 2 saturated heterocycles. The largest absolute Gasteiger partial charge is 0.298 e. The summed E-state index contributed by atoms with van der Waals surface area (Å²) in [6, 6.07) is 3.56. The SMILES string of the molecule is CC1CN2CCCC2CN1CC#N. The average molecular weight is 179 g/mol. The van der Waals surface area contributed by atoms with Crippen LogP contribution in [0.15, 0.2) is 0 Å². The van der Waals surface area contributed by atoms with Gasteiger partial charge >= 0.3 is 0 Å². The molecule has 0 aliphatic carbocycles. The third kappa shape index (κ3) is 1.70. The molecule has 0 aromatic carbocycles. The molecular formula is C10H17N3. The van der Waals surface area contributed by atoms with Crippen molar-refractivity contribution in [2.45, 2.75) is 31.8 Å². The van der Waals surface area contributed by atoms with Gasteiger partial charge in [0, 0.05) is 25.2 Å². The number of hydrogen-bond donors (Lipinski definition) is 0. The first-order valence-electron chi connectivity index (χ1n) is 5.16. The molecule has 0 amide bonds. The minimum atomic E-state index is 0.564. The van der Waals surface area contributed by atoms with Crippen LogP contribution in [-0.2, 0) is 0 Å². The summed E-state index contributed by atoms with van der Waals surface area (Å²) in [4.78, 5) is 4.89. The highest BCUT2D eigenvalue weighted by atomic mass is 15.3. The first-order valence-corrected chi connectivity index (χ1v) is 5.16. The minimum absolute atomic E-state index is 0.564. The van der Waals surface area contributed by atoms with E-state index < -0.39 is 0 Å². The van der Waals surface area contributed by atoms with E-state index in [-0.39, 0.29) is 0 Å². The van der Waals surface area contributed by atoms with E-state index in [9.17, 15) is 0 Å². The van der Waals surface area contributed by atoms with Gasteiger partial charge in [0.25, 0.3) is 0 Å². The van der Waals surface area contributed by atoms with E-state index >= 15 is 0 Å². The lowest BCUT2D eigenvalue weighted by Crippen LogP contribution is -2.54. The van der Waals surface area contributed by atoms with Crippen molar-refractivity contribution in [2.24, 2.45) is 0 Å². The summed E-state index contributed by atoms with van der Waals surface area (Å²) in [6.45, 7) is 6.37. The molecule has 3 nitrogen and oxygen atoms in total. The molecule has 2 heterocycles. The molecule has 2 atom stereocenters. The van der Waals surface area contributed by atoms with Gasteiger partial charge in [-0.15, -0.1) is 0 Å². The molecule has 0 bridgehead atoms. The van der Waals surface area contributed by atoms with Crippen LogP contribution >= 0.6 is 0 Å². The van der Waals surface area contributed by atoms with Crippen LogP contribution in [0.25, 0.3) is 0 Å². The lowest BCUT2D eigenvalue weighted by Gasteiger charge is -2.41. The molecule has 0 saturated carbocycles. The fourth-order valence-corrected chi connectivity index (χ4v) is 2.56. The van der Waals surface area contributed by atoms with Crippen LogP contribution in [0.3, 0.4) is 0 Å². The summed E-state index contributed by atoms with van der Waals surface area (Å²) in [6.07, 6.45) is 2.67. The Labute approximate surface area is 79.9 Å². The Morgan fingerprint density at radius 3 is 3.08 bits per heavy atom. The fraction of sp³-hybridized carbons (Fsp3) is 0.900. The standard InChI is InChI=1S/C10H17N3/c1-9-7-13-5-2-3-10(13)8-12(9)6-4-11/h9-10H,2-3,5-8H2,1H3. The first-order chi connectivity index (χ1) is 6.31. The van der Waals surface area contributed by atoms with E-state index in [1.807, 2.05) is 0 Å². The van der Waals surface area contributed by atoms with E-state index in [0.717, 1.165) is 19.1 Å². The third-order valence-corrected chi connectivity index (χ3v) is 3.34. The molecule has 2 aliphatic heterocycles. The second kappa shape index (κ2) is 3.65. The highest BCUT2D eigenvalue weighted by molar-refractivity contribution is 4.93. The van der Waals surface area contributed by atoms with Crippen molar-refractivity contribution < 1.29 is 0 Å². The fourth-order valence-electron chi connectivity index (χ4n) is 2.56. The summed E-state index contributed by atoms with van der Waals surface area (Å²) in [5.41, 5.74) is 0. The second-order valence-corrected chi connectivity index (χ2v) is 4.23. The molecule has 3 heteroatoms. The van der Waals surface area contributed by atoms with Gasteiger partial charge in [-0.25, -0.2) is 0 Å². The zero-order valence-corrected chi connectivity index (χ0v) is 8.24. The Bertz CT molecular complexity index is 221. The summed E-state index contributed by atoms with van der Waals surface area (Å²) >= 11 is 0. The first kappa shape index (κ1) is 8.98. The van der Waals surface area contributed by atoms with Crippen molar-refractivity contribution in [3.63, 3.8) is 0 Å². The Morgan fingerprint density at radius 2 is 2.31 bits per heavy atom. The van der Waals surface area contributed by atoms with E-state index in [0.29, 0.717) is 12.6 Å². The number of hydrogen-bond acceptors (Lipinski definition) is 3. The maximum absolute atomic E-state index is 8.67. The molecule has 0 aromatic rings. The predicted octanol–water partition coefficient (Wildman–Crippen LogP) is 0.678. The summed E-state index contributed by atoms with van der Waals surface area (Å²) in [5.74, 6) is 0. The molecule has 0 radical (unpaired) electrons. The Balaban J connectivity index is 1.97. The van der Waals surface area contributed by atoms with Crippen LogP contribution in [0.5, 0.6) is 0 Å². The molecule has 0 N–H and O–H groups in total. The minimum Gasteiger partial charge on any atom is -0.298 e. The summed E-state index contributed by atoms with van der Waals surface area (Å²) in [7, 11) is 0.